The van der Waals surface area contributed by atoms with Gasteiger partial charge in [-0.25, -0.2) is 0 Å². The Morgan fingerprint density at radius 3 is 1.80 bits per heavy atom. The largest absolute Gasteiger partial charge is 0.309 e. The van der Waals surface area contributed by atoms with Gasteiger partial charge in [-0.3, -0.25) is 0 Å². The summed E-state index contributed by atoms with van der Waals surface area (Å²) in [6, 6.07) is 57.6. The van der Waals surface area contributed by atoms with Crippen LogP contribution in [0.25, 0.3) is 86.3 Å². The Hall–Kier alpha value is -5.64. The Labute approximate surface area is 263 Å². The smallest absolute Gasteiger partial charge is 0.0641 e. The van der Waals surface area contributed by atoms with E-state index in [9.17, 15) is 0 Å². The second-order valence-corrected chi connectivity index (χ2v) is 12.8. The summed E-state index contributed by atoms with van der Waals surface area (Å²) in [5, 5.41) is 7.75. The third-order valence-electron chi connectivity index (χ3n) is 9.32. The van der Waals surface area contributed by atoms with Gasteiger partial charge >= 0.3 is 0 Å². The van der Waals surface area contributed by atoms with Crippen LogP contribution in [0.1, 0.15) is 0 Å². The summed E-state index contributed by atoms with van der Waals surface area (Å²) in [6.45, 7) is 0. The minimum absolute atomic E-state index is 1.16. The number of hydrogen-bond donors (Lipinski definition) is 0. The van der Waals surface area contributed by atoms with Gasteiger partial charge in [0.1, 0.15) is 0 Å². The van der Waals surface area contributed by atoms with Crippen molar-refractivity contribution in [2.24, 2.45) is 0 Å². The zero-order chi connectivity index (χ0) is 29.5. The molecule has 10 rings (SSSR count). The SMILES string of the molecule is c1ccc(-n2c3ccccc3c3ccc4c(c5ccccc5n4-c4ccc(-c5ccc6sc7ccccc7c6c5)cc4)c32)cc1. The third kappa shape index (κ3) is 3.56. The molecule has 0 fully saturated rings. The Morgan fingerprint density at radius 2 is 0.978 bits per heavy atom. The van der Waals surface area contributed by atoms with Crippen molar-refractivity contribution in [3.8, 4) is 22.5 Å². The highest BCUT2D eigenvalue weighted by molar-refractivity contribution is 7.25. The summed E-state index contributed by atoms with van der Waals surface area (Å²) in [5.41, 5.74) is 9.70. The van der Waals surface area contributed by atoms with Crippen molar-refractivity contribution < 1.29 is 0 Å². The number of thiophene rings is 1. The minimum Gasteiger partial charge on any atom is -0.309 e. The monoisotopic (exact) mass is 590 g/mol. The van der Waals surface area contributed by atoms with Crippen molar-refractivity contribution in [2.45, 2.75) is 0 Å². The topological polar surface area (TPSA) is 9.86 Å². The standard InChI is InChI=1S/C42H26N2S/c1-2-10-29(11-3-1)44-36-15-7-4-12-31(36)33-23-24-38-41(42(33)44)34-14-5-8-16-37(34)43(38)30-21-18-27(19-22-30)28-20-25-40-35(26-28)32-13-6-9-17-39(32)45-40/h1-26H. The highest BCUT2D eigenvalue weighted by Crippen LogP contribution is 2.42. The average molecular weight is 591 g/mol. The van der Waals surface area contributed by atoms with Gasteiger partial charge in [-0.05, 0) is 71.8 Å². The van der Waals surface area contributed by atoms with Crippen LogP contribution in [-0.4, -0.2) is 9.13 Å². The highest BCUT2D eigenvalue weighted by atomic mass is 32.1. The molecule has 0 unspecified atom stereocenters. The molecule has 0 aliphatic carbocycles. The van der Waals surface area contributed by atoms with Crippen molar-refractivity contribution in [2.75, 3.05) is 0 Å². The van der Waals surface area contributed by atoms with Crippen LogP contribution >= 0.6 is 11.3 Å². The van der Waals surface area contributed by atoms with Gasteiger partial charge in [0.15, 0.2) is 0 Å². The predicted molar refractivity (Wildman–Crippen MR) is 193 cm³/mol. The van der Waals surface area contributed by atoms with Crippen LogP contribution in [0.5, 0.6) is 0 Å². The first kappa shape index (κ1) is 24.8. The minimum atomic E-state index is 1.16. The van der Waals surface area contributed by atoms with Crippen LogP contribution in [0.15, 0.2) is 158 Å². The van der Waals surface area contributed by atoms with Crippen LogP contribution in [0.3, 0.4) is 0 Å². The van der Waals surface area contributed by atoms with Crippen molar-refractivity contribution in [1.82, 2.24) is 9.13 Å². The number of benzene rings is 7. The van der Waals surface area contributed by atoms with Gasteiger partial charge in [-0.15, -0.1) is 11.3 Å². The molecule has 0 atom stereocenters. The van der Waals surface area contributed by atoms with E-state index in [-0.39, 0.29) is 0 Å². The summed E-state index contributed by atoms with van der Waals surface area (Å²) in [6.07, 6.45) is 0. The lowest BCUT2D eigenvalue weighted by molar-refractivity contribution is 1.17. The van der Waals surface area contributed by atoms with Crippen LogP contribution in [0.4, 0.5) is 0 Å². The summed E-state index contributed by atoms with van der Waals surface area (Å²) < 4.78 is 7.54. The van der Waals surface area contributed by atoms with Crippen LogP contribution < -0.4 is 0 Å². The zero-order valence-electron chi connectivity index (χ0n) is 24.3. The number of para-hydroxylation sites is 3. The van der Waals surface area contributed by atoms with Gasteiger partial charge in [0.2, 0.25) is 0 Å². The van der Waals surface area contributed by atoms with Gasteiger partial charge in [-0.2, -0.15) is 0 Å². The predicted octanol–water partition coefficient (Wildman–Crippen LogP) is 11.9. The van der Waals surface area contributed by atoms with Crippen LogP contribution in [0, 0.1) is 0 Å². The highest BCUT2D eigenvalue weighted by Gasteiger charge is 2.20. The molecule has 0 aliphatic rings. The summed E-state index contributed by atoms with van der Waals surface area (Å²) >= 11 is 1.86. The molecule has 10 aromatic rings. The molecule has 3 heteroatoms. The third-order valence-corrected chi connectivity index (χ3v) is 10.5. The lowest BCUT2D eigenvalue weighted by atomic mass is 10.0. The van der Waals surface area contributed by atoms with E-state index in [1.165, 1.54) is 80.6 Å². The number of rotatable bonds is 3. The summed E-state index contributed by atoms with van der Waals surface area (Å²) in [5.74, 6) is 0. The van der Waals surface area contributed by atoms with E-state index in [0.29, 0.717) is 0 Å². The molecule has 0 bridgehead atoms. The molecule has 0 saturated carbocycles. The first-order chi connectivity index (χ1) is 22.3. The average Bonchev–Trinajstić information content (AvgIpc) is 3.76. The van der Waals surface area contributed by atoms with Crippen molar-refractivity contribution >= 4 is 75.1 Å². The van der Waals surface area contributed by atoms with Crippen molar-refractivity contribution in [1.29, 1.82) is 0 Å². The molecule has 0 saturated heterocycles. The van der Waals surface area contributed by atoms with E-state index in [1.807, 2.05) is 11.3 Å². The Kier molecular flexibility index (Phi) is 5.19. The molecule has 0 radical (unpaired) electrons. The lowest BCUT2D eigenvalue weighted by Gasteiger charge is -2.11. The lowest BCUT2D eigenvalue weighted by Crippen LogP contribution is -1.95. The van der Waals surface area contributed by atoms with E-state index in [0.717, 1.165) is 5.69 Å². The van der Waals surface area contributed by atoms with Gasteiger partial charge in [0.05, 0.1) is 22.1 Å². The molecule has 45 heavy (non-hydrogen) atoms. The van der Waals surface area contributed by atoms with E-state index in [2.05, 4.69) is 167 Å². The second-order valence-electron chi connectivity index (χ2n) is 11.8. The van der Waals surface area contributed by atoms with Crippen LogP contribution in [-0.2, 0) is 0 Å². The van der Waals surface area contributed by atoms with E-state index < -0.39 is 0 Å². The fraction of sp³-hybridized carbons (Fsp3) is 0. The van der Waals surface area contributed by atoms with Gasteiger partial charge < -0.3 is 9.13 Å². The molecule has 7 aromatic carbocycles. The summed E-state index contributed by atoms with van der Waals surface area (Å²) in [4.78, 5) is 0. The van der Waals surface area contributed by atoms with E-state index >= 15 is 0 Å². The molecular formula is C42H26N2S. The first-order valence-corrected chi connectivity index (χ1v) is 16.2. The molecule has 210 valence electrons. The number of hydrogen-bond acceptors (Lipinski definition) is 1. The Bertz CT molecular complexity index is 2740. The fourth-order valence-electron chi connectivity index (χ4n) is 7.34. The normalized spacial score (nSPS) is 12.0. The first-order valence-electron chi connectivity index (χ1n) is 15.4. The van der Waals surface area contributed by atoms with E-state index in [1.54, 1.807) is 0 Å². The van der Waals surface area contributed by atoms with Gasteiger partial charge in [-0.1, -0.05) is 97.1 Å². The molecular weight excluding hydrogens is 565 g/mol. The van der Waals surface area contributed by atoms with E-state index in [4.69, 9.17) is 0 Å². The number of nitrogens with zero attached hydrogens (tertiary/aromatic N) is 2. The maximum Gasteiger partial charge on any atom is 0.0641 e. The number of aromatic nitrogens is 2. The second kappa shape index (κ2) is 9.43. The van der Waals surface area contributed by atoms with Crippen LogP contribution in [0.2, 0.25) is 0 Å². The molecule has 0 aliphatic heterocycles. The molecule has 3 aromatic heterocycles. The maximum absolute atomic E-state index is 2.44. The van der Waals surface area contributed by atoms with Crippen molar-refractivity contribution in [3.63, 3.8) is 0 Å². The van der Waals surface area contributed by atoms with Gasteiger partial charge in [0.25, 0.3) is 0 Å². The van der Waals surface area contributed by atoms with Gasteiger partial charge in [0, 0.05) is 53.1 Å². The molecule has 0 amide bonds. The Balaban J connectivity index is 1.21. The fourth-order valence-corrected chi connectivity index (χ4v) is 8.43. The number of fused-ring (bicyclic) bond motifs is 10. The molecule has 0 N–H and O–H groups in total. The molecule has 3 heterocycles. The maximum atomic E-state index is 2.44. The molecule has 2 nitrogen and oxygen atoms in total. The zero-order valence-corrected chi connectivity index (χ0v) is 25.1. The van der Waals surface area contributed by atoms with Crippen molar-refractivity contribution in [3.05, 3.63) is 158 Å². The Morgan fingerprint density at radius 1 is 0.356 bits per heavy atom. The summed E-state index contributed by atoms with van der Waals surface area (Å²) in [7, 11) is 0. The quantitative estimate of drug-likeness (QED) is 0.194. The molecule has 0 spiro atoms.